The topological polar surface area (TPSA) is 88.6 Å². The molecule has 2 amide bonds. The molecule has 0 bridgehead atoms. The first-order valence-electron chi connectivity index (χ1n) is 10.3. The number of nitrogens with one attached hydrogen (secondary N) is 1. The lowest BCUT2D eigenvalue weighted by Gasteiger charge is -2.19. The number of rotatable bonds is 8. The molecule has 0 spiro atoms. The van der Waals surface area contributed by atoms with Crippen molar-refractivity contribution in [2.75, 3.05) is 25.0 Å². The number of esters is 1. The van der Waals surface area contributed by atoms with Gasteiger partial charge in [0.2, 0.25) is 0 Å². The summed E-state index contributed by atoms with van der Waals surface area (Å²) >= 11 is 1.23. The van der Waals surface area contributed by atoms with E-state index in [0.29, 0.717) is 39.9 Å². The monoisotopic (exact) mass is 451 g/mol. The molecule has 7 nitrogen and oxygen atoms in total. The molecule has 1 aromatic heterocycles. The molecule has 0 fully saturated rings. The summed E-state index contributed by atoms with van der Waals surface area (Å²) in [6.45, 7) is 6.32. The molecule has 32 heavy (non-hydrogen) atoms. The fraction of sp³-hybridized carbons (Fsp3) is 0.250. The number of aromatic nitrogens is 1. The number of hydrogen-bond acceptors (Lipinski definition) is 6. The van der Waals surface area contributed by atoms with Crippen LogP contribution in [0, 0.1) is 6.92 Å². The molecular weight excluding hydrogens is 426 g/mol. The highest BCUT2D eigenvalue weighted by molar-refractivity contribution is 7.17. The second kappa shape index (κ2) is 10.7. The van der Waals surface area contributed by atoms with Gasteiger partial charge in [-0.3, -0.25) is 9.59 Å². The number of aryl methyl sites for hydroxylation is 1. The van der Waals surface area contributed by atoms with Gasteiger partial charge in [0.25, 0.3) is 11.8 Å². The average Bonchev–Trinajstić information content (AvgIpc) is 3.20. The fourth-order valence-corrected chi connectivity index (χ4v) is 4.07. The Morgan fingerprint density at radius 1 is 1.03 bits per heavy atom. The molecule has 0 aliphatic heterocycles. The Morgan fingerprint density at radius 2 is 1.75 bits per heavy atom. The van der Waals surface area contributed by atoms with E-state index in [2.05, 4.69) is 10.3 Å². The zero-order chi connectivity index (χ0) is 23.1. The van der Waals surface area contributed by atoms with Crippen LogP contribution in [0.15, 0.2) is 54.6 Å². The minimum Gasteiger partial charge on any atom is -0.451 e. The molecule has 166 valence electrons. The van der Waals surface area contributed by atoms with E-state index >= 15 is 0 Å². The third kappa shape index (κ3) is 5.59. The van der Waals surface area contributed by atoms with Gasteiger partial charge in [0.05, 0.1) is 5.69 Å². The van der Waals surface area contributed by atoms with E-state index in [4.69, 9.17) is 4.74 Å². The van der Waals surface area contributed by atoms with Crippen LogP contribution in [0.25, 0.3) is 10.6 Å². The van der Waals surface area contributed by atoms with Crippen molar-refractivity contribution in [3.05, 3.63) is 70.7 Å². The van der Waals surface area contributed by atoms with Crippen LogP contribution in [0.3, 0.4) is 0 Å². The van der Waals surface area contributed by atoms with Crippen LogP contribution in [0.2, 0.25) is 0 Å². The van der Waals surface area contributed by atoms with Gasteiger partial charge >= 0.3 is 5.97 Å². The predicted molar refractivity (Wildman–Crippen MR) is 125 cm³/mol. The summed E-state index contributed by atoms with van der Waals surface area (Å²) < 4.78 is 5.19. The van der Waals surface area contributed by atoms with Gasteiger partial charge in [-0.15, -0.1) is 11.3 Å². The molecule has 0 atom stereocenters. The van der Waals surface area contributed by atoms with Crippen molar-refractivity contribution in [1.82, 2.24) is 9.88 Å². The maximum absolute atomic E-state index is 12.5. The zero-order valence-corrected chi connectivity index (χ0v) is 19.1. The molecule has 2 aromatic carbocycles. The molecule has 0 saturated heterocycles. The van der Waals surface area contributed by atoms with Crippen molar-refractivity contribution in [3.63, 3.8) is 0 Å². The smallest absolute Gasteiger partial charge is 0.350 e. The van der Waals surface area contributed by atoms with E-state index in [1.807, 2.05) is 44.2 Å². The van der Waals surface area contributed by atoms with Crippen LogP contribution in [-0.2, 0) is 9.53 Å². The number of thiazole rings is 1. The summed E-state index contributed by atoms with van der Waals surface area (Å²) in [6, 6.07) is 16.2. The lowest BCUT2D eigenvalue weighted by atomic mass is 10.1. The zero-order valence-electron chi connectivity index (χ0n) is 18.3. The highest BCUT2D eigenvalue weighted by atomic mass is 32.1. The number of hydrogen-bond donors (Lipinski definition) is 1. The average molecular weight is 452 g/mol. The Bertz CT molecular complexity index is 1110. The van der Waals surface area contributed by atoms with Gasteiger partial charge in [-0.05, 0) is 39.0 Å². The van der Waals surface area contributed by atoms with Gasteiger partial charge in [-0.25, -0.2) is 9.78 Å². The summed E-state index contributed by atoms with van der Waals surface area (Å²) in [5.74, 6) is -1.19. The molecule has 3 rings (SSSR count). The summed E-state index contributed by atoms with van der Waals surface area (Å²) in [6.07, 6.45) is 0. The molecule has 0 saturated carbocycles. The van der Waals surface area contributed by atoms with Gasteiger partial charge in [0, 0.05) is 29.9 Å². The Morgan fingerprint density at radius 3 is 2.44 bits per heavy atom. The van der Waals surface area contributed by atoms with Gasteiger partial charge in [-0.2, -0.15) is 0 Å². The van der Waals surface area contributed by atoms with Gasteiger partial charge in [0.15, 0.2) is 6.61 Å². The predicted octanol–water partition coefficient (Wildman–Crippen LogP) is 4.40. The summed E-state index contributed by atoms with van der Waals surface area (Å²) in [7, 11) is 0. The van der Waals surface area contributed by atoms with Gasteiger partial charge in [-0.1, -0.05) is 36.4 Å². The van der Waals surface area contributed by atoms with E-state index in [1.54, 1.807) is 36.1 Å². The maximum atomic E-state index is 12.5. The van der Waals surface area contributed by atoms with Crippen molar-refractivity contribution < 1.29 is 19.1 Å². The lowest BCUT2D eigenvalue weighted by molar-refractivity contribution is -0.119. The van der Waals surface area contributed by atoms with E-state index in [0.717, 1.165) is 5.56 Å². The fourth-order valence-electron chi connectivity index (χ4n) is 3.11. The molecule has 0 aliphatic carbocycles. The Balaban J connectivity index is 1.60. The van der Waals surface area contributed by atoms with Crippen molar-refractivity contribution in [2.24, 2.45) is 0 Å². The first kappa shape index (κ1) is 23.1. The van der Waals surface area contributed by atoms with Crippen LogP contribution in [0.1, 0.15) is 39.6 Å². The van der Waals surface area contributed by atoms with Crippen LogP contribution < -0.4 is 5.32 Å². The number of benzene rings is 2. The Labute approximate surface area is 191 Å². The molecule has 0 unspecified atom stereocenters. The minimum atomic E-state index is -0.595. The lowest BCUT2D eigenvalue weighted by Crippen LogP contribution is -2.30. The first-order valence-corrected chi connectivity index (χ1v) is 11.1. The minimum absolute atomic E-state index is 0.104. The van der Waals surface area contributed by atoms with Crippen LogP contribution in [-0.4, -0.2) is 47.4 Å². The highest BCUT2D eigenvalue weighted by Gasteiger charge is 2.19. The Kier molecular flexibility index (Phi) is 7.72. The second-order valence-electron chi connectivity index (χ2n) is 6.98. The molecular formula is C24H25N3O4S. The maximum Gasteiger partial charge on any atom is 0.350 e. The molecule has 1 heterocycles. The molecule has 0 aliphatic rings. The second-order valence-corrected chi connectivity index (χ2v) is 7.98. The number of nitrogens with zero attached hydrogens (tertiary/aromatic N) is 2. The molecule has 3 aromatic rings. The van der Waals surface area contributed by atoms with Crippen molar-refractivity contribution in [2.45, 2.75) is 20.8 Å². The van der Waals surface area contributed by atoms with Crippen LogP contribution in [0.4, 0.5) is 5.69 Å². The van der Waals surface area contributed by atoms with Crippen LogP contribution in [0.5, 0.6) is 0 Å². The summed E-state index contributed by atoms with van der Waals surface area (Å²) in [5, 5.41) is 3.38. The standard InChI is InChI=1S/C24H25N3O4S/c1-4-27(5-2)23(29)18-12-9-13-19(14-18)26-20(28)15-31-24(30)21-16(3)25-22(32-21)17-10-7-6-8-11-17/h6-14H,4-5,15H2,1-3H3,(H,26,28). The third-order valence-electron chi connectivity index (χ3n) is 4.78. The number of carbonyl (C=O) groups is 3. The molecule has 0 radical (unpaired) electrons. The van der Waals surface area contributed by atoms with E-state index < -0.39 is 18.5 Å². The van der Waals surface area contributed by atoms with Crippen molar-refractivity contribution in [3.8, 4) is 10.6 Å². The highest BCUT2D eigenvalue weighted by Crippen LogP contribution is 2.28. The number of anilines is 1. The number of ether oxygens (including phenoxy) is 1. The quantitative estimate of drug-likeness (QED) is 0.513. The SMILES string of the molecule is CCN(CC)C(=O)c1cccc(NC(=O)COC(=O)c2sc(-c3ccccc3)nc2C)c1. The van der Waals surface area contributed by atoms with Crippen molar-refractivity contribution in [1.29, 1.82) is 0 Å². The van der Waals surface area contributed by atoms with Crippen LogP contribution >= 0.6 is 11.3 Å². The van der Waals surface area contributed by atoms with E-state index in [1.165, 1.54) is 11.3 Å². The first-order chi connectivity index (χ1) is 15.4. The van der Waals surface area contributed by atoms with E-state index in [-0.39, 0.29) is 5.91 Å². The largest absolute Gasteiger partial charge is 0.451 e. The summed E-state index contributed by atoms with van der Waals surface area (Å²) in [5.41, 5.74) is 2.42. The summed E-state index contributed by atoms with van der Waals surface area (Å²) in [4.78, 5) is 43.7. The number of amides is 2. The van der Waals surface area contributed by atoms with Gasteiger partial charge in [0.1, 0.15) is 9.88 Å². The third-order valence-corrected chi connectivity index (χ3v) is 5.97. The molecule has 1 N–H and O–H groups in total. The Hall–Kier alpha value is -3.52. The van der Waals surface area contributed by atoms with E-state index in [9.17, 15) is 14.4 Å². The number of carbonyl (C=O) groups excluding carboxylic acids is 3. The normalized spacial score (nSPS) is 10.5. The molecule has 8 heteroatoms. The van der Waals surface area contributed by atoms with Crippen molar-refractivity contribution >= 4 is 34.8 Å². The van der Waals surface area contributed by atoms with Gasteiger partial charge < -0.3 is 15.0 Å².